The van der Waals surface area contributed by atoms with Crippen LogP contribution in [0.2, 0.25) is 0 Å². The van der Waals surface area contributed by atoms with E-state index in [4.69, 9.17) is 0 Å². The minimum atomic E-state index is -0.127. The summed E-state index contributed by atoms with van der Waals surface area (Å²) in [5.74, 6) is 0. The highest BCUT2D eigenvalue weighted by Crippen LogP contribution is 2.11. The van der Waals surface area contributed by atoms with Gasteiger partial charge in [0.05, 0.1) is 10.8 Å². The Balaban J connectivity index is 3.51. The topological polar surface area (TPSA) is 41.5 Å². The Kier molecular flexibility index (Phi) is 4.00. The SMILES string of the molecule is CCCCC(C)(C)NN=O. The first-order valence-electron chi connectivity index (χ1n) is 3.72. The molecule has 60 valence electrons. The van der Waals surface area contributed by atoms with E-state index in [2.05, 4.69) is 17.6 Å². The molecule has 3 nitrogen and oxygen atoms in total. The average Bonchev–Trinajstić information content (AvgIpc) is 1.84. The Bertz CT molecular complexity index is 102. The number of rotatable bonds is 5. The van der Waals surface area contributed by atoms with Crippen LogP contribution in [0, 0.1) is 4.91 Å². The minimum absolute atomic E-state index is 0.127. The minimum Gasteiger partial charge on any atom is -0.268 e. The molecule has 0 fully saturated rings. The molecule has 0 atom stereocenters. The Morgan fingerprint density at radius 1 is 1.50 bits per heavy atom. The van der Waals surface area contributed by atoms with Crippen LogP contribution < -0.4 is 5.43 Å². The third-order valence-electron chi connectivity index (χ3n) is 1.50. The first-order chi connectivity index (χ1) is 4.62. The van der Waals surface area contributed by atoms with Gasteiger partial charge in [0.1, 0.15) is 0 Å². The summed E-state index contributed by atoms with van der Waals surface area (Å²) in [6, 6.07) is 0. The quantitative estimate of drug-likeness (QED) is 0.475. The molecule has 0 saturated heterocycles. The first-order valence-corrected chi connectivity index (χ1v) is 3.72. The highest BCUT2D eigenvalue weighted by Gasteiger charge is 2.15. The van der Waals surface area contributed by atoms with Crippen molar-refractivity contribution in [2.75, 3.05) is 0 Å². The molecule has 0 aromatic carbocycles. The monoisotopic (exact) mass is 144 g/mol. The molecule has 0 radical (unpaired) electrons. The van der Waals surface area contributed by atoms with Crippen molar-refractivity contribution < 1.29 is 0 Å². The van der Waals surface area contributed by atoms with Gasteiger partial charge in [-0.3, -0.25) is 5.43 Å². The molecule has 0 spiro atoms. The lowest BCUT2D eigenvalue weighted by molar-refractivity contribution is 0.359. The second-order valence-electron chi connectivity index (χ2n) is 3.19. The average molecular weight is 144 g/mol. The van der Waals surface area contributed by atoms with Gasteiger partial charge < -0.3 is 0 Å². The predicted octanol–water partition coefficient (Wildman–Crippen LogP) is 2.23. The van der Waals surface area contributed by atoms with E-state index in [-0.39, 0.29) is 5.54 Å². The van der Waals surface area contributed by atoms with E-state index in [1.54, 1.807) is 0 Å². The molecule has 10 heavy (non-hydrogen) atoms. The third-order valence-corrected chi connectivity index (χ3v) is 1.50. The Labute approximate surface area is 62.1 Å². The number of nitrogens with one attached hydrogen (secondary N) is 1. The second-order valence-corrected chi connectivity index (χ2v) is 3.19. The fraction of sp³-hybridized carbons (Fsp3) is 1.00. The molecule has 0 bridgehead atoms. The number of nitrogens with zero attached hydrogens (tertiary/aromatic N) is 1. The van der Waals surface area contributed by atoms with E-state index in [1.165, 1.54) is 0 Å². The third kappa shape index (κ3) is 4.30. The van der Waals surface area contributed by atoms with E-state index in [9.17, 15) is 4.91 Å². The normalized spacial score (nSPS) is 11.1. The van der Waals surface area contributed by atoms with Crippen LogP contribution >= 0.6 is 0 Å². The molecule has 0 aromatic heterocycles. The zero-order valence-electron chi connectivity index (χ0n) is 6.98. The van der Waals surface area contributed by atoms with Gasteiger partial charge in [-0.2, -0.15) is 0 Å². The maximum Gasteiger partial charge on any atom is 0.0524 e. The van der Waals surface area contributed by atoms with Crippen LogP contribution in [0.25, 0.3) is 0 Å². The smallest absolute Gasteiger partial charge is 0.0524 e. The van der Waals surface area contributed by atoms with Crippen LogP contribution in [-0.2, 0) is 0 Å². The lowest BCUT2D eigenvalue weighted by atomic mass is 9.99. The van der Waals surface area contributed by atoms with E-state index in [1.807, 2.05) is 13.8 Å². The van der Waals surface area contributed by atoms with E-state index in [0.29, 0.717) is 0 Å². The van der Waals surface area contributed by atoms with Crippen LogP contribution in [0.3, 0.4) is 0 Å². The summed E-state index contributed by atoms with van der Waals surface area (Å²) >= 11 is 0. The fourth-order valence-electron chi connectivity index (χ4n) is 0.798. The molecular weight excluding hydrogens is 128 g/mol. The second kappa shape index (κ2) is 4.25. The van der Waals surface area contributed by atoms with Gasteiger partial charge in [-0.1, -0.05) is 19.8 Å². The van der Waals surface area contributed by atoms with Crippen LogP contribution in [0.1, 0.15) is 40.0 Å². The number of hydrogen-bond acceptors (Lipinski definition) is 2. The highest BCUT2D eigenvalue weighted by atomic mass is 16.3. The maximum absolute atomic E-state index is 9.82. The van der Waals surface area contributed by atoms with Gasteiger partial charge in [0.15, 0.2) is 0 Å². The van der Waals surface area contributed by atoms with Crippen LogP contribution in [-0.4, -0.2) is 5.54 Å². The summed E-state index contributed by atoms with van der Waals surface area (Å²) in [6.07, 6.45) is 3.29. The van der Waals surface area contributed by atoms with Gasteiger partial charge in [-0.25, -0.2) is 0 Å². The summed E-state index contributed by atoms with van der Waals surface area (Å²) in [7, 11) is 0. The van der Waals surface area contributed by atoms with Gasteiger partial charge in [-0.05, 0) is 20.3 Å². The molecule has 0 heterocycles. The zero-order chi connectivity index (χ0) is 8.04. The molecule has 0 aliphatic heterocycles. The van der Waals surface area contributed by atoms with Crippen LogP contribution in [0.4, 0.5) is 0 Å². The summed E-state index contributed by atoms with van der Waals surface area (Å²) in [4.78, 5) is 9.82. The van der Waals surface area contributed by atoms with Gasteiger partial charge in [-0.15, -0.1) is 4.91 Å². The maximum atomic E-state index is 9.82. The van der Waals surface area contributed by atoms with Crippen molar-refractivity contribution in [2.45, 2.75) is 45.6 Å². The van der Waals surface area contributed by atoms with E-state index >= 15 is 0 Å². The van der Waals surface area contributed by atoms with Gasteiger partial charge in [0, 0.05) is 0 Å². The van der Waals surface area contributed by atoms with Crippen LogP contribution in [0.5, 0.6) is 0 Å². The molecule has 0 unspecified atom stereocenters. The molecule has 0 rings (SSSR count). The van der Waals surface area contributed by atoms with Crippen molar-refractivity contribution in [3.8, 4) is 0 Å². The van der Waals surface area contributed by atoms with Crippen molar-refractivity contribution in [2.24, 2.45) is 5.29 Å². The van der Waals surface area contributed by atoms with Crippen molar-refractivity contribution in [3.05, 3.63) is 4.91 Å². The first kappa shape index (κ1) is 9.40. The molecule has 0 amide bonds. The standard InChI is InChI=1S/C7H16N2O/c1-4-5-6-7(2,3)8-9-10/h4-6H2,1-3H3,(H,8,10). The summed E-state index contributed by atoms with van der Waals surface area (Å²) in [5.41, 5.74) is 2.40. The Morgan fingerprint density at radius 2 is 2.10 bits per heavy atom. The highest BCUT2D eigenvalue weighted by molar-refractivity contribution is 4.74. The molecule has 3 heteroatoms. The lowest BCUT2D eigenvalue weighted by Crippen LogP contribution is -2.34. The Hall–Kier alpha value is -0.600. The van der Waals surface area contributed by atoms with Gasteiger partial charge in [0.2, 0.25) is 0 Å². The van der Waals surface area contributed by atoms with Crippen molar-refractivity contribution in [3.63, 3.8) is 0 Å². The predicted molar refractivity (Wildman–Crippen MR) is 42.5 cm³/mol. The lowest BCUT2D eigenvalue weighted by Gasteiger charge is -2.21. The molecule has 0 aromatic rings. The van der Waals surface area contributed by atoms with E-state index in [0.717, 1.165) is 19.3 Å². The number of unbranched alkanes of at least 4 members (excludes halogenated alkanes) is 1. The summed E-state index contributed by atoms with van der Waals surface area (Å²) in [5, 5.41) is 2.66. The van der Waals surface area contributed by atoms with Crippen molar-refractivity contribution in [1.82, 2.24) is 5.43 Å². The number of nitroso groups, excluding NO2 is 1. The van der Waals surface area contributed by atoms with E-state index < -0.39 is 0 Å². The number of hydrogen-bond donors (Lipinski definition) is 1. The summed E-state index contributed by atoms with van der Waals surface area (Å²) < 4.78 is 0. The zero-order valence-corrected chi connectivity index (χ0v) is 6.98. The van der Waals surface area contributed by atoms with Gasteiger partial charge in [0.25, 0.3) is 0 Å². The molecule has 0 aliphatic rings. The molecule has 0 aliphatic carbocycles. The summed E-state index contributed by atoms with van der Waals surface area (Å²) in [6.45, 7) is 6.08. The largest absolute Gasteiger partial charge is 0.268 e. The van der Waals surface area contributed by atoms with Crippen molar-refractivity contribution in [1.29, 1.82) is 0 Å². The molecule has 0 saturated carbocycles. The Morgan fingerprint density at radius 3 is 2.50 bits per heavy atom. The molecular formula is C7H16N2O. The fourth-order valence-corrected chi connectivity index (χ4v) is 0.798. The van der Waals surface area contributed by atoms with Crippen molar-refractivity contribution >= 4 is 0 Å². The molecule has 1 N–H and O–H groups in total. The van der Waals surface area contributed by atoms with Crippen LogP contribution in [0.15, 0.2) is 5.29 Å². The van der Waals surface area contributed by atoms with Gasteiger partial charge >= 0.3 is 0 Å².